The lowest BCUT2D eigenvalue weighted by Crippen LogP contribution is -2.31. The van der Waals surface area contributed by atoms with Crippen molar-refractivity contribution in [2.45, 2.75) is 18.8 Å². The van der Waals surface area contributed by atoms with Crippen LogP contribution in [0.15, 0.2) is 27.0 Å². The van der Waals surface area contributed by atoms with Gasteiger partial charge in [0.2, 0.25) is 0 Å². The molecule has 2 rings (SSSR count). The first-order valence-corrected chi connectivity index (χ1v) is 4.94. The maximum absolute atomic E-state index is 11.5. The lowest BCUT2D eigenvalue weighted by molar-refractivity contribution is -0.0152. The monoisotopic (exact) mass is 241 g/mol. The van der Waals surface area contributed by atoms with E-state index in [1.165, 1.54) is 16.8 Å². The molecule has 2 atom stereocenters. The van der Waals surface area contributed by atoms with Crippen LogP contribution in [0.25, 0.3) is 0 Å². The number of hydrogen-bond donors (Lipinski definition) is 3. The van der Waals surface area contributed by atoms with Gasteiger partial charge in [0.25, 0.3) is 5.56 Å². The summed E-state index contributed by atoms with van der Waals surface area (Å²) in [6, 6.07) is 1.19. The maximum Gasteiger partial charge on any atom is 0.330 e. The van der Waals surface area contributed by atoms with Crippen molar-refractivity contribution in [2.75, 3.05) is 6.61 Å². The van der Waals surface area contributed by atoms with Gasteiger partial charge in [-0.2, -0.15) is 0 Å². The van der Waals surface area contributed by atoms with Crippen LogP contribution >= 0.6 is 0 Å². The molecule has 0 amide bonds. The zero-order valence-electron chi connectivity index (χ0n) is 8.74. The highest BCUT2D eigenvalue weighted by atomic mass is 16.5. The third kappa shape index (κ3) is 2.12. The second-order valence-electron chi connectivity index (χ2n) is 3.57. The minimum atomic E-state index is -0.733. The van der Waals surface area contributed by atoms with Crippen LogP contribution in [0.4, 0.5) is 0 Å². The van der Waals surface area contributed by atoms with Gasteiger partial charge in [-0.1, -0.05) is 5.16 Å². The van der Waals surface area contributed by atoms with Crippen molar-refractivity contribution < 1.29 is 15.1 Å². The van der Waals surface area contributed by atoms with E-state index in [1.807, 2.05) is 0 Å². The van der Waals surface area contributed by atoms with Crippen molar-refractivity contribution in [3.63, 3.8) is 0 Å². The molecule has 92 valence electrons. The first kappa shape index (κ1) is 11.6. The van der Waals surface area contributed by atoms with E-state index >= 15 is 0 Å². The Kier molecular flexibility index (Phi) is 3.07. The zero-order valence-corrected chi connectivity index (χ0v) is 8.74. The predicted octanol–water partition coefficient (Wildman–Crippen LogP) is -1.35. The van der Waals surface area contributed by atoms with Crippen LogP contribution in [0.2, 0.25) is 0 Å². The number of hydrogen-bond acceptors (Lipinski definition) is 6. The van der Waals surface area contributed by atoms with E-state index in [4.69, 9.17) is 15.1 Å². The van der Waals surface area contributed by atoms with Crippen molar-refractivity contribution >= 4 is 5.71 Å². The smallest absolute Gasteiger partial charge is 0.330 e. The molecule has 1 saturated heterocycles. The molecule has 8 heteroatoms. The summed E-state index contributed by atoms with van der Waals surface area (Å²) in [5, 5.41) is 20.7. The second kappa shape index (κ2) is 4.52. The quantitative estimate of drug-likeness (QED) is 0.437. The molecular formula is C9H11N3O5. The Morgan fingerprint density at radius 3 is 2.88 bits per heavy atom. The lowest BCUT2D eigenvalue weighted by atomic mass is 10.2. The first-order chi connectivity index (χ1) is 8.15. The Morgan fingerprint density at radius 1 is 1.59 bits per heavy atom. The van der Waals surface area contributed by atoms with Gasteiger partial charge in [-0.25, -0.2) is 4.79 Å². The van der Waals surface area contributed by atoms with Crippen molar-refractivity contribution in [1.82, 2.24) is 9.55 Å². The molecule has 0 unspecified atom stereocenters. The Labute approximate surface area is 94.8 Å². The fraction of sp³-hybridized carbons (Fsp3) is 0.444. The number of H-pyrrole nitrogens is 1. The molecule has 1 aromatic rings. The minimum absolute atomic E-state index is 0.174. The highest BCUT2D eigenvalue weighted by molar-refractivity contribution is 5.90. The first-order valence-electron chi connectivity index (χ1n) is 4.94. The fourth-order valence-corrected chi connectivity index (χ4v) is 1.70. The number of ether oxygens (including phenoxy) is 1. The van der Waals surface area contributed by atoms with E-state index in [2.05, 4.69) is 10.1 Å². The Morgan fingerprint density at radius 2 is 2.35 bits per heavy atom. The largest absolute Gasteiger partial charge is 0.411 e. The fourth-order valence-electron chi connectivity index (χ4n) is 1.70. The summed E-state index contributed by atoms with van der Waals surface area (Å²) >= 11 is 0. The molecule has 0 radical (unpaired) electrons. The molecule has 17 heavy (non-hydrogen) atoms. The number of aromatic nitrogens is 2. The molecule has 0 bridgehead atoms. The Balaban J connectivity index is 2.31. The molecule has 1 fully saturated rings. The second-order valence-corrected chi connectivity index (χ2v) is 3.57. The predicted molar refractivity (Wildman–Crippen MR) is 56.2 cm³/mol. The van der Waals surface area contributed by atoms with E-state index in [-0.39, 0.29) is 18.7 Å². The van der Waals surface area contributed by atoms with Crippen LogP contribution in [0.3, 0.4) is 0 Å². The summed E-state index contributed by atoms with van der Waals surface area (Å²) in [7, 11) is 0. The van der Waals surface area contributed by atoms with Crippen molar-refractivity contribution in [2.24, 2.45) is 5.16 Å². The molecule has 0 saturated carbocycles. The van der Waals surface area contributed by atoms with E-state index in [9.17, 15) is 9.59 Å². The average Bonchev–Trinajstić information content (AvgIpc) is 2.72. The van der Waals surface area contributed by atoms with Gasteiger partial charge in [-0.3, -0.25) is 14.3 Å². The van der Waals surface area contributed by atoms with E-state index in [0.717, 1.165) is 0 Å². The molecule has 8 nitrogen and oxygen atoms in total. The molecule has 0 aromatic carbocycles. The van der Waals surface area contributed by atoms with Gasteiger partial charge in [-0.05, 0) is 0 Å². The molecule has 0 aliphatic carbocycles. The van der Waals surface area contributed by atoms with Crippen molar-refractivity contribution in [1.29, 1.82) is 0 Å². The summed E-state index contributed by atoms with van der Waals surface area (Å²) in [5.41, 5.74) is -0.854. The van der Waals surface area contributed by atoms with Crippen LogP contribution in [-0.4, -0.2) is 38.3 Å². The van der Waals surface area contributed by atoms with Crippen LogP contribution in [0.1, 0.15) is 12.6 Å². The molecule has 1 aromatic heterocycles. The topological polar surface area (TPSA) is 117 Å². The van der Waals surface area contributed by atoms with Gasteiger partial charge in [0.05, 0.1) is 12.3 Å². The van der Waals surface area contributed by atoms with Gasteiger partial charge >= 0.3 is 5.69 Å². The minimum Gasteiger partial charge on any atom is -0.411 e. The third-order valence-corrected chi connectivity index (χ3v) is 2.53. The van der Waals surface area contributed by atoms with Gasteiger partial charge in [0.15, 0.2) is 0 Å². The lowest BCUT2D eigenvalue weighted by Gasteiger charge is -2.13. The van der Waals surface area contributed by atoms with Gasteiger partial charge in [-0.15, -0.1) is 0 Å². The number of rotatable bonds is 2. The average molecular weight is 241 g/mol. The van der Waals surface area contributed by atoms with Crippen LogP contribution in [0.5, 0.6) is 0 Å². The van der Waals surface area contributed by atoms with Crippen molar-refractivity contribution in [3.05, 3.63) is 33.1 Å². The maximum atomic E-state index is 11.5. The van der Waals surface area contributed by atoms with Gasteiger partial charge in [0, 0.05) is 18.7 Å². The third-order valence-electron chi connectivity index (χ3n) is 2.53. The number of aromatic amines is 1. The molecule has 1 aliphatic rings. The number of oxime groups is 1. The van der Waals surface area contributed by atoms with Gasteiger partial charge in [0.1, 0.15) is 12.3 Å². The van der Waals surface area contributed by atoms with Crippen LogP contribution in [-0.2, 0) is 4.74 Å². The molecule has 2 heterocycles. The number of nitrogens with zero attached hydrogens (tertiary/aromatic N) is 2. The molecule has 0 spiro atoms. The summed E-state index contributed by atoms with van der Waals surface area (Å²) in [4.78, 5) is 24.5. The van der Waals surface area contributed by atoms with Crippen LogP contribution < -0.4 is 11.2 Å². The SMILES string of the molecule is O=c1ccn([C@H]2C/C(=N/O)[C@@H](CO)O2)c(=O)[nH]1. The normalized spacial score (nSPS) is 26.5. The molecule has 1 aliphatic heterocycles. The summed E-state index contributed by atoms with van der Waals surface area (Å²) in [5.74, 6) is 0. The van der Waals surface area contributed by atoms with Gasteiger partial charge < -0.3 is 15.1 Å². The summed E-state index contributed by atoms with van der Waals surface area (Å²) in [6.07, 6.45) is 0.0417. The van der Waals surface area contributed by atoms with E-state index < -0.39 is 23.6 Å². The molecular weight excluding hydrogens is 230 g/mol. The van der Waals surface area contributed by atoms with E-state index in [1.54, 1.807) is 0 Å². The molecule has 3 N–H and O–H groups in total. The van der Waals surface area contributed by atoms with Crippen LogP contribution in [0, 0.1) is 0 Å². The number of aliphatic hydroxyl groups is 1. The van der Waals surface area contributed by atoms with E-state index in [0.29, 0.717) is 0 Å². The number of aliphatic hydroxyl groups excluding tert-OH is 1. The standard InChI is InChI=1S/C9H11N3O5/c13-4-6-5(11-16)3-8(17-6)12-2-1-7(14)10-9(12)15/h1-2,6,8,13,16H,3-4H2,(H,10,14,15)/b11-5-/t6-,8-/m1/s1. The number of nitrogens with one attached hydrogen (secondary N) is 1. The summed E-state index contributed by atoms with van der Waals surface area (Å²) in [6.45, 7) is -0.339. The highest BCUT2D eigenvalue weighted by Crippen LogP contribution is 2.24. The highest BCUT2D eigenvalue weighted by Gasteiger charge is 2.33. The summed E-state index contributed by atoms with van der Waals surface area (Å²) < 4.78 is 6.49. The van der Waals surface area contributed by atoms with Crippen molar-refractivity contribution in [3.8, 4) is 0 Å². The zero-order chi connectivity index (χ0) is 12.4. The Bertz CT molecular complexity index is 546. The Hall–Kier alpha value is -1.93.